The molecule has 1 saturated heterocycles. The van der Waals surface area contributed by atoms with E-state index in [1.54, 1.807) is 12.1 Å². The zero-order valence-electron chi connectivity index (χ0n) is 17.3. The normalized spacial score (nSPS) is 16.7. The number of carbonyl (C=O) groups is 3. The number of amides is 3. The number of nitrogens with zero attached hydrogens (tertiary/aromatic N) is 1. The lowest BCUT2D eigenvalue weighted by Crippen LogP contribution is -2.31. The van der Waals surface area contributed by atoms with E-state index in [1.165, 1.54) is 19.2 Å². The third-order valence-corrected chi connectivity index (χ3v) is 5.92. The number of hydrogen-bond donors (Lipinski definition) is 1. The second-order valence-electron chi connectivity index (χ2n) is 7.11. The number of thioether (sulfide) groups is 1. The molecule has 1 fully saturated rings. The van der Waals surface area contributed by atoms with Gasteiger partial charge < -0.3 is 10.1 Å². The van der Waals surface area contributed by atoms with Crippen LogP contribution >= 0.6 is 11.8 Å². The van der Waals surface area contributed by atoms with Crippen LogP contribution in [0.1, 0.15) is 17.5 Å². The summed E-state index contributed by atoms with van der Waals surface area (Å²) in [5, 5.41) is 1.05. The Morgan fingerprint density at radius 2 is 1.59 bits per heavy atom. The van der Waals surface area contributed by atoms with Crippen molar-refractivity contribution in [3.63, 3.8) is 0 Å². The quantitative estimate of drug-likeness (QED) is 0.453. The molecule has 0 aliphatic carbocycles. The van der Waals surface area contributed by atoms with Gasteiger partial charge in [-0.3, -0.25) is 14.4 Å². The Hall–Kier alpha value is -3.22. The molecule has 3 rings (SSSR count). The van der Waals surface area contributed by atoms with Crippen LogP contribution in [0.4, 0.5) is 37.7 Å². The molecule has 182 valence electrons. The van der Waals surface area contributed by atoms with E-state index in [0.717, 1.165) is 16.7 Å². The van der Waals surface area contributed by atoms with Gasteiger partial charge >= 0.3 is 12.4 Å². The zero-order valence-corrected chi connectivity index (χ0v) is 18.1. The predicted octanol–water partition coefficient (Wildman–Crippen LogP) is 4.74. The van der Waals surface area contributed by atoms with Gasteiger partial charge in [0.05, 0.1) is 34.9 Å². The second-order valence-corrected chi connectivity index (χ2v) is 8.30. The van der Waals surface area contributed by atoms with E-state index in [1.807, 2.05) is 5.32 Å². The standard InChI is InChI=1S/C21H16F6N2O4S/c1-33-15-4-2-14(3-5-15)29-18(31)9-16(19(29)32)34-10-17(30)28-13-7-11(20(22,23)24)6-12(8-13)21(25,26)27/h2-8,16H,9-10H2,1H3,(H,28,30)/t16-/m0/s1. The highest BCUT2D eigenvalue weighted by molar-refractivity contribution is 8.01. The predicted molar refractivity (Wildman–Crippen MR) is 111 cm³/mol. The molecule has 0 saturated carbocycles. The second kappa shape index (κ2) is 9.57. The molecule has 0 radical (unpaired) electrons. The monoisotopic (exact) mass is 506 g/mol. The minimum Gasteiger partial charge on any atom is -0.497 e. The fourth-order valence-electron chi connectivity index (χ4n) is 3.14. The molecule has 1 aliphatic heterocycles. The molecule has 0 unspecified atom stereocenters. The van der Waals surface area contributed by atoms with Crippen molar-refractivity contribution in [1.29, 1.82) is 0 Å². The Morgan fingerprint density at radius 1 is 1.03 bits per heavy atom. The summed E-state index contributed by atoms with van der Waals surface area (Å²) in [7, 11) is 1.45. The maximum Gasteiger partial charge on any atom is 0.416 e. The summed E-state index contributed by atoms with van der Waals surface area (Å²) in [6.45, 7) is 0. The lowest BCUT2D eigenvalue weighted by atomic mass is 10.1. The number of carbonyl (C=O) groups excluding carboxylic acids is 3. The van der Waals surface area contributed by atoms with Gasteiger partial charge in [-0.25, -0.2) is 4.90 Å². The van der Waals surface area contributed by atoms with Gasteiger partial charge in [0, 0.05) is 12.1 Å². The van der Waals surface area contributed by atoms with Crippen molar-refractivity contribution >= 4 is 40.9 Å². The number of hydrogen-bond acceptors (Lipinski definition) is 5. The van der Waals surface area contributed by atoms with Crippen molar-refractivity contribution in [2.75, 3.05) is 23.1 Å². The van der Waals surface area contributed by atoms with Crippen molar-refractivity contribution in [2.24, 2.45) is 0 Å². The third-order valence-electron chi connectivity index (χ3n) is 4.72. The molecule has 2 aromatic carbocycles. The van der Waals surface area contributed by atoms with Gasteiger partial charge in [-0.15, -0.1) is 11.8 Å². The van der Waals surface area contributed by atoms with Crippen molar-refractivity contribution in [3.05, 3.63) is 53.6 Å². The fourth-order valence-corrected chi connectivity index (χ4v) is 4.07. The number of anilines is 2. The smallest absolute Gasteiger partial charge is 0.416 e. The highest BCUT2D eigenvalue weighted by Gasteiger charge is 2.40. The minimum absolute atomic E-state index is 0.0546. The summed E-state index contributed by atoms with van der Waals surface area (Å²) < 4.78 is 82.8. The summed E-state index contributed by atoms with van der Waals surface area (Å²) in [5.74, 6) is -2.00. The molecule has 13 heteroatoms. The van der Waals surface area contributed by atoms with Crippen molar-refractivity contribution in [3.8, 4) is 5.75 Å². The first-order valence-corrected chi connectivity index (χ1v) is 10.6. The van der Waals surface area contributed by atoms with Crippen LogP contribution in [0.15, 0.2) is 42.5 Å². The average molecular weight is 506 g/mol. The van der Waals surface area contributed by atoms with Crippen LogP contribution in [0.3, 0.4) is 0 Å². The fraction of sp³-hybridized carbons (Fsp3) is 0.286. The largest absolute Gasteiger partial charge is 0.497 e. The Balaban J connectivity index is 1.67. The van der Waals surface area contributed by atoms with Crippen LogP contribution in [0.2, 0.25) is 0 Å². The first kappa shape index (κ1) is 25.4. The Morgan fingerprint density at radius 3 is 2.09 bits per heavy atom. The first-order valence-electron chi connectivity index (χ1n) is 9.51. The molecule has 0 aromatic heterocycles. The van der Waals surface area contributed by atoms with Crippen LogP contribution in [0.25, 0.3) is 0 Å². The molecule has 1 atom stereocenters. The number of halogens is 6. The molecule has 1 N–H and O–H groups in total. The molecule has 34 heavy (non-hydrogen) atoms. The zero-order chi connectivity index (χ0) is 25.3. The van der Waals surface area contributed by atoms with Crippen molar-refractivity contribution < 1.29 is 45.5 Å². The number of nitrogens with one attached hydrogen (secondary N) is 1. The molecule has 6 nitrogen and oxygen atoms in total. The van der Waals surface area contributed by atoms with Gasteiger partial charge in [0.25, 0.3) is 0 Å². The number of rotatable bonds is 6. The van der Waals surface area contributed by atoms with Crippen molar-refractivity contribution in [1.82, 2.24) is 0 Å². The number of imide groups is 1. The minimum atomic E-state index is -5.06. The summed E-state index contributed by atoms with van der Waals surface area (Å²) in [6.07, 6.45) is -10.3. The Labute approximate surface area is 193 Å². The summed E-state index contributed by atoms with van der Waals surface area (Å²) in [5.41, 5.74) is -3.54. The van der Waals surface area contributed by atoms with Gasteiger partial charge in [0.2, 0.25) is 17.7 Å². The van der Waals surface area contributed by atoms with Gasteiger partial charge in [-0.2, -0.15) is 26.3 Å². The molecular formula is C21H16F6N2O4S. The van der Waals surface area contributed by atoms with Gasteiger partial charge in [-0.1, -0.05) is 0 Å². The van der Waals surface area contributed by atoms with E-state index >= 15 is 0 Å². The molecule has 0 bridgehead atoms. The molecule has 1 heterocycles. The maximum atomic E-state index is 13.0. The number of alkyl halides is 6. The van der Waals surface area contributed by atoms with Crippen LogP contribution in [0, 0.1) is 0 Å². The molecular weight excluding hydrogens is 490 g/mol. The number of benzene rings is 2. The van der Waals surface area contributed by atoms with Crippen LogP contribution in [0.5, 0.6) is 5.75 Å². The molecule has 0 spiro atoms. The van der Waals surface area contributed by atoms with E-state index in [-0.39, 0.29) is 12.5 Å². The third kappa shape index (κ3) is 5.82. The van der Waals surface area contributed by atoms with Crippen LogP contribution < -0.4 is 15.0 Å². The topological polar surface area (TPSA) is 75.7 Å². The summed E-state index contributed by atoms with van der Waals surface area (Å²) >= 11 is 0.756. The number of methoxy groups -OCH3 is 1. The van der Waals surface area contributed by atoms with Crippen LogP contribution in [-0.2, 0) is 26.7 Å². The van der Waals surface area contributed by atoms with E-state index < -0.39 is 57.9 Å². The van der Waals surface area contributed by atoms with E-state index in [9.17, 15) is 40.7 Å². The number of ether oxygens (including phenoxy) is 1. The summed E-state index contributed by atoms with van der Waals surface area (Å²) in [6, 6.07) is 6.81. The van der Waals surface area contributed by atoms with E-state index in [4.69, 9.17) is 4.74 Å². The van der Waals surface area contributed by atoms with Gasteiger partial charge in [0.15, 0.2) is 0 Å². The Bertz CT molecular complexity index is 1070. The Kier molecular flexibility index (Phi) is 7.15. The van der Waals surface area contributed by atoms with Gasteiger partial charge in [-0.05, 0) is 42.5 Å². The molecule has 3 amide bonds. The molecule has 1 aliphatic rings. The lowest BCUT2D eigenvalue weighted by Gasteiger charge is -2.16. The highest BCUT2D eigenvalue weighted by atomic mass is 32.2. The van der Waals surface area contributed by atoms with Crippen LogP contribution in [-0.4, -0.2) is 35.8 Å². The summed E-state index contributed by atoms with van der Waals surface area (Å²) in [4.78, 5) is 38.0. The first-order chi connectivity index (χ1) is 15.8. The van der Waals surface area contributed by atoms with Crippen molar-refractivity contribution in [2.45, 2.75) is 24.0 Å². The SMILES string of the molecule is COc1ccc(N2C(=O)C[C@H](SCC(=O)Nc3cc(C(F)(F)F)cc(C(F)(F)F)c3)C2=O)cc1. The highest BCUT2D eigenvalue weighted by Crippen LogP contribution is 2.38. The average Bonchev–Trinajstić information content (AvgIpc) is 3.04. The van der Waals surface area contributed by atoms with Gasteiger partial charge in [0.1, 0.15) is 5.75 Å². The van der Waals surface area contributed by atoms with E-state index in [0.29, 0.717) is 23.6 Å². The molecule has 2 aromatic rings. The van der Waals surface area contributed by atoms with E-state index in [2.05, 4.69) is 0 Å². The maximum absolute atomic E-state index is 13.0. The lowest BCUT2D eigenvalue weighted by molar-refractivity contribution is -0.143.